The predicted octanol–water partition coefficient (Wildman–Crippen LogP) is 21.4. The van der Waals surface area contributed by atoms with Crippen LogP contribution in [0.4, 0.5) is 11.4 Å². The summed E-state index contributed by atoms with van der Waals surface area (Å²) in [6.07, 6.45) is 34.5. The van der Waals surface area contributed by atoms with Gasteiger partial charge in [-0.1, -0.05) is 198 Å². The average molecular weight is 1240 g/mol. The number of hydrogen-bond donors (Lipinski definition) is 0. The predicted molar refractivity (Wildman–Crippen MR) is 370 cm³/mol. The van der Waals surface area contributed by atoms with Crippen molar-refractivity contribution in [2.24, 2.45) is 9.98 Å². The van der Waals surface area contributed by atoms with Crippen molar-refractivity contribution >= 4 is 58.5 Å². The maximum Gasteiger partial charge on any atom is 0.343 e. The van der Waals surface area contributed by atoms with Crippen molar-refractivity contribution in [1.82, 2.24) is 0 Å². The second kappa shape index (κ2) is 39.2. The molecule has 0 radical (unpaired) electrons. The third-order valence-electron chi connectivity index (χ3n) is 16.1. The molecule has 12 nitrogen and oxygen atoms in total. The first-order valence-corrected chi connectivity index (χ1v) is 33.6. The number of unbranched alkanes of at least 4 members (excludes halogenated alkanes) is 22. The van der Waals surface area contributed by atoms with E-state index in [4.69, 9.17) is 28.4 Å². The molecular weight excluding hydrogens is 1150 g/mol. The molecule has 0 aliphatic carbocycles. The number of esters is 4. The molecule has 0 aliphatic heterocycles. The summed E-state index contributed by atoms with van der Waals surface area (Å²) < 4.78 is 34.8. The molecule has 0 aliphatic rings. The summed E-state index contributed by atoms with van der Waals surface area (Å²) >= 11 is 0. The number of fused-ring (bicyclic) bond motifs is 1. The van der Waals surface area contributed by atoms with Crippen molar-refractivity contribution in [2.75, 3.05) is 13.2 Å². The summed E-state index contributed by atoms with van der Waals surface area (Å²) in [4.78, 5) is 61.7. The third-order valence-corrected chi connectivity index (χ3v) is 16.1. The minimum absolute atomic E-state index is 0.277. The van der Waals surface area contributed by atoms with Crippen LogP contribution in [0.1, 0.15) is 221 Å². The molecule has 0 aromatic heterocycles. The van der Waals surface area contributed by atoms with Gasteiger partial charge in [-0.15, -0.1) is 0 Å². The topological polar surface area (TPSA) is 148 Å². The van der Waals surface area contributed by atoms with E-state index < -0.39 is 23.9 Å². The maximum atomic E-state index is 13.4. The van der Waals surface area contributed by atoms with E-state index in [9.17, 15) is 19.2 Å². The van der Waals surface area contributed by atoms with Gasteiger partial charge in [-0.05, 0) is 169 Å². The summed E-state index contributed by atoms with van der Waals surface area (Å²) in [6, 6.07) is 52.1. The Morgan fingerprint density at radius 2 is 0.630 bits per heavy atom. The number of aliphatic imine (C=N–C) groups is 2. The molecule has 0 unspecified atom stereocenters. The number of nitrogens with zero attached hydrogens (tertiary/aromatic N) is 2. The van der Waals surface area contributed by atoms with E-state index in [2.05, 4.69) is 23.8 Å². The van der Waals surface area contributed by atoms with Gasteiger partial charge in [0, 0.05) is 17.8 Å². The van der Waals surface area contributed by atoms with Crippen LogP contribution in [0.5, 0.6) is 34.5 Å². The molecule has 0 saturated carbocycles. The van der Waals surface area contributed by atoms with Crippen LogP contribution in [0.15, 0.2) is 192 Å². The van der Waals surface area contributed by atoms with E-state index >= 15 is 0 Å². The van der Waals surface area contributed by atoms with Crippen LogP contribution in [0.2, 0.25) is 0 Å². The fraction of sp³-hybridized carbons (Fsp3) is 0.350. The lowest BCUT2D eigenvalue weighted by Crippen LogP contribution is -2.09. The molecule has 0 N–H and O–H groups in total. The number of carbonyl (C=O) groups excluding carboxylic acids is 4. The van der Waals surface area contributed by atoms with Gasteiger partial charge >= 0.3 is 23.9 Å². The molecule has 0 saturated heterocycles. The van der Waals surface area contributed by atoms with Crippen molar-refractivity contribution in [1.29, 1.82) is 0 Å². The van der Waals surface area contributed by atoms with Gasteiger partial charge in [0.1, 0.15) is 34.5 Å². The van der Waals surface area contributed by atoms with Gasteiger partial charge in [0.15, 0.2) is 0 Å². The van der Waals surface area contributed by atoms with E-state index in [1.165, 1.54) is 128 Å². The zero-order valence-corrected chi connectivity index (χ0v) is 53.8. The monoisotopic (exact) mass is 1240 g/mol. The van der Waals surface area contributed by atoms with E-state index in [0.717, 1.165) is 53.7 Å². The first kappa shape index (κ1) is 68.7. The molecule has 0 fully saturated rings. The lowest BCUT2D eigenvalue weighted by molar-refractivity contribution is 0.0724. The van der Waals surface area contributed by atoms with Gasteiger partial charge in [-0.25, -0.2) is 19.2 Å². The van der Waals surface area contributed by atoms with Crippen molar-refractivity contribution in [3.05, 3.63) is 215 Å². The smallest absolute Gasteiger partial charge is 0.343 e. The van der Waals surface area contributed by atoms with Crippen LogP contribution in [0.3, 0.4) is 0 Å². The second-order valence-electron chi connectivity index (χ2n) is 23.5. The summed E-state index contributed by atoms with van der Waals surface area (Å²) in [6.45, 7) is 5.84. The minimum Gasteiger partial charge on any atom is -0.494 e. The quantitative estimate of drug-likeness (QED) is 0.0157. The van der Waals surface area contributed by atoms with Crippen molar-refractivity contribution in [3.63, 3.8) is 0 Å². The molecule has 0 bridgehead atoms. The molecule has 8 rings (SSSR count). The Balaban J connectivity index is 0.716. The number of ether oxygens (including phenoxy) is 6. The Morgan fingerprint density at radius 1 is 0.315 bits per heavy atom. The highest BCUT2D eigenvalue weighted by atomic mass is 16.5. The van der Waals surface area contributed by atoms with E-state index in [1.54, 1.807) is 188 Å². The molecule has 0 heterocycles. The highest BCUT2D eigenvalue weighted by Gasteiger charge is 2.16. The van der Waals surface area contributed by atoms with E-state index in [0.29, 0.717) is 69.5 Å². The standard InChI is InChI=1S/C80H90N2O10/c1-3-5-7-9-11-13-15-17-19-21-23-25-56-87-70-47-39-66(40-48-70)77(83)89-72-52-43-68(44-53-72)81-59-61-30-34-64(35-31-61)79(85)91-74-51-38-63-28-27-29-76(75(63)58-74)92-80(86)65-36-32-62(33-37-65)60-82-69-45-54-73(55-46-69)90-78(84)67-41-49-71(50-42-67)88-57-26-24-22-20-18-16-14-12-10-8-6-4-2/h27-55,58-60H,3-26,56-57H2,1-2H3. The van der Waals surface area contributed by atoms with Crippen molar-refractivity contribution in [3.8, 4) is 34.5 Å². The zero-order valence-electron chi connectivity index (χ0n) is 53.8. The van der Waals surface area contributed by atoms with Crippen LogP contribution >= 0.6 is 0 Å². The Morgan fingerprint density at radius 3 is 1.01 bits per heavy atom. The molecular formula is C80H90N2O10. The zero-order chi connectivity index (χ0) is 64.2. The van der Waals surface area contributed by atoms with Gasteiger partial charge in [-0.3, -0.25) is 9.98 Å². The Bertz CT molecular complexity index is 3560. The van der Waals surface area contributed by atoms with Gasteiger partial charge in [-0.2, -0.15) is 0 Å². The van der Waals surface area contributed by atoms with E-state index in [-0.39, 0.29) is 5.75 Å². The molecule has 480 valence electrons. The van der Waals surface area contributed by atoms with Crippen LogP contribution in [0, 0.1) is 0 Å². The van der Waals surface area contributed by atoms with Crippen molar-refractivity contribution in [2.45, 2.75) is 168 Å². The van der Waals surface area contributed by atoms with Gasteiger partial charge in [0.2, 0.25) is 0 Å². The summed E-state index contributed by atoms with van der Waals surface area (Å²) in [5.41, 5.74) is 4.33. The SMILES string of the molecule is CCCCCCCCCCCCCCOc1ccc(C(=O)Oc2ccc(N=Cc3ccc(C(=O)Oc4ccc5cccc(OC(=O)c6ccc(C=Nc7ccc(OC(=O)c8ccc(OCCCCCCCCCCCCCC)cc8)cc7)cc6)c5c4)cc3)cc2)cc1. The highest BCUT2D eigenvalue weighted by molar-refractivity contribution is 5.98. The summed E-state index contributed by atoms with van der Waals surface area (Å²) in [7, 11) is 0. The lowest BCUT2D eigenvalue weighted by atomic mass is 10.1. The molecule has 0 amide bonds. The number of carbonyl (C=O) groups is 4. The van der Waals surface area contributed by atoms with Crippen molar-refractivity contribution < 1.29 is 47.6 Å². The largest absolute Gasteiger partial charge is 0.494 e. The van der Waals surface area contributed by atoms with Crippen LogP contribution in [0.25, 0.3) is 10.8 Å². The Kier molecular flexibility index (Phi) is 29.3. The molecule has 12 heteroatoms. The molecule has 0 atom stereocenters. The Labute approximate surface area is 544 Å². The molecule has 92 heavy (non-hydrogen) atoms. The third kappa shape index (κ3) is 24.2. The van der Waals surface area contributed by atoms with Crippen LogP contribution in [-0.2, 0) is 0 Å². The number of benzene rings is 8. The molecule has 0 spiro atoms. The van der Waals surface area contributed by atoms with Crippen LogP contribution < -0.4 is 28.4 Å². The first-order valence-electron chi connectivity index (χ1n) is 33.6. The van der Waals surface area contributed by atoms with E-state index in [1.807, 2.05) is 6.07 Å². The fourth-order valence-electron chi connectivity index (χ4n) is 10.6. The lowest BCUT2D eigenvalue weighted by Gasteiger charge is -2.10. The second-order valence-corrected chi connectivity index (χ2v) is 23.5. The fourth-order valence-corrected chi connectivity index (χ4v) is 10.6. The minimum atomic E-state index is -0.564. The highest BCUT2D eigenvalue weighted by Crippen LogP contribution is 2.31. The number of hydrogen-bond acceptors (Lipinski definition) is 12. The van der Waals surface area contributed by atoms with Gasteiger partial charge in [0.05, 0.1) is 46.8 Å². The summed E-state index contributed by atoms with van der Waals surface area (Å²) in [5.74, 6) is 0.784. The molecule has 8 aromatic carbocycles. The average Bonchev–Trinajstić information content (AvgIpc) is 0.895. The Hall–Kier alpha value is -9.16. The summed E-state index contributed by atoms with van der Waals surface area (Å²) in [5, 5.41) is 1.37. The molecule has 8 aromatic rings. The number of rotatable bonds is 40. The van der Waals surface area contributed by atoms with Crippen LogP contribution in [-0.4, -0.2) is 49.5 Å². The van der Waals surface area contributed by atoms with Gasteiger partial charge < -0.3 is 28.4 Å². The van der Waals surface area contributed by atoms with Gasteiger partial charge in [0.25, 0.3) is 0 Å². The normalized spacial score (nSPS) is 11.3. The first-order chi connectivity index (χ1) is 45.2. The maximum absolute atomic E-state index is 13.4.